The number of rotatable bonds is 3. The van der Waals surface area contributed by atoms with Crippen molar-refractivity contribution in [2.75, 3.05) is 6.54 Å². The lowest BCUT2D eigenvalue weighted by atomic mass is 10.3. The van der Waals surface area contributed by atoms with E-state index in [1.165, 1.54) is 11.3 Å². The average molecular weight is 222 g/mol. The number of nitrogens with zero attached hydrogens (tertiary/aromatic N) is 1. The number of guanidine groups is 1. The number of aromatic nitrogens is 1. The number of thiazole rings is 1. The molecular weight excluding hydrogens is 212 g/mol. The van der Waals surface area contributed by atoms with Crippen molar-refractivity contribution in [1.82, 2.24) is 10.3 Å². The van der Waals surface area contributed by atoms with Crippen LogP contribution in [0.15, 0.2) is 10.9 Å². The number of carbonyl (C=O) groups excluding carboxylic acids is 1. The Morgan fingerprint density at radius 3 is 3.13 bits per heavy atom. The fourth-order valence-electron chi connectivity index (χ4n) is 0.791. The van der Waals surface area contributed by atoms with Crippen molar-refractivity contribution in [2.45, 2.75) is 6.42 Å². The first-order chi connectivity index (χ1) is 7.20. The van der Waals surface area contributed by atoms with Crippen molar-refractivity contribution in [1.29, 1.82) is 5.41 Å². The van der Waals surface area contributed by atoms with E-state index in [1.807, 2.05) is 0 Å². The highest BCUT2D eigenvalue weighted by Crippen LogP contribution is 2.00. The zero-order valence-electron chi connectivity index (χ0n) is 7.91. The summed E-state index contributed by atoms with van der Waals surface area (Å²) in [7, 11) is 0. The minimum absolute atomic E-state index is 0.0948. The van der Waals surface area contributed by atoms with Gasteiger partial charge in [-0.3, -0.25) is 10.2 Å². The van der Waals surface area contributed by atoms with Crippen LogP contribution in [0.5, 0.6) is 0 Å². The lowest BCUT2D eigenvalue weighted by Gasteiger charge is -1.96. The van der Waals surface area contributed by atoms with Gasteiger partial charge in [-0.25, -0.2) is 4.98 Å². The topological polar surface area (TPSA) is 91.9 Å². The van der Waals surface area contributed by atoms with E-state index in [0.717, 1.165) is 0 Å². The van der Waals surface area contributed by atoms with Gasteiger partial charge in [0.1, 0.15) is 5.69 Å². The Kier molecular flexibility index (Phi) is 4.31. The molecule has 4 N–H and O–H groups in total. The number of hydrogen-bond donors (Lipinski definition) is 3. The Balaban J connectivity index is 2.33. The summed E-state index contributed by atoms with van der Waals surface area (Å²) in [6.45, 7) is 0.465. The number of carbonyl (C=O) groups is 1. The molecule has 6 heteroatoms. The zero-order valence-corrected chi connectivity index (χ0v) is 8.73. The van der Waals surface area contributed by atoms with E-state index < -0.39 is 0 Å². The van der Waals surface area contributed by atoms with Gasteiger partial charge in [-0.1, -0.05) is 5.92 Å². The van der Waals surface area contributed by atoms with Gasteiger partial charge in [-0.15, -0.1) is 11.3 Å². The fourth-order valence-corrected chi connectivity index (χ4v) is 1.32. The van der Waals surface area contributed by atoms with Gasteiger partial charge in [0.05, 0.1) is 5.51 Å². The number of nitrogens with two attached hydrogens (primary N) is 1. The van der Waals surface area contributed by atoms with Gasteiger partial charge in [-0.2, -0.15) is 0 Å². The average Bonchev–Trinajstić information content (AvgIpc) is 2.69. The van der Waals surface area contributed by atoms with Crippen LogP contribution in [-0.4, -0.2) is 23.3 Å². The molecule has 0 aliphatic carbocycles. The predicted molar refractivity (Wildman–Crippen MR) is 58.8 cm³/mol. The summed E-state index contributed by atoms with van der Waals surface area (Å²) in [5.41, 5.74) is 7.03. The molecule has 0 aliphatic heterocycles. The second-order valence-corrected chi connectivity index (χ2v) is 3.31. The molecule has 0 aliphatic rings. The van der Waals surface area contributed by atoms with Crippen molar-refractivity contribution in [3.63, 3.8) is 0 Å². The molecule has 0 saturated carbocycles. The maximum Gasteiger partial charge on any atom is 0.255 e. The zero-order chi connectivity index (χ0) is 11.1. The molecule has 0 spiro atoms. The first kappa shape index (κ1) is 11.2. The predicted octanol–water partition coefficient (Wildman–Crippen LogP) is 0.202. The van der Waals surface area contributed by atoms with E-state index in [-0.39, 0.29) is 11.7 Å². The molecule has 0 bridgehead atoms. The van der Waals surface area contributed by atoms with E-state index in [4.69, 9.17) is 11.1 Å². The summed E-state index contributed by atoms with van der Waals surface area (Å²) < 4.78 is 0. The van der Waals surface area contributed by atoms with E-state index in [0.29, 0.717) is 18.7 Å². The third-order valence-electron chi connectivity index (χ3n) is 1.43. The molecule has 0 aromatic carbocycles. The van der Waals surface area contributed by atoms with E-state index >= 15 is 0 Å². The van der Waals surface area contributed by atoms with E-state index in [1.54, 1.807) is 10.9 Å². The van der Waals surface area contributed by atoms with Gasteiger partial charge in [0.25, 0.3) is 5.78 Å². The smallest absolute Gasteiger partial charge is 0.255 e. The van der Waals surface area contributed by atoms with Gasteiger partial charge in [-0.05, 0) is 5.92 Å². The van der Waals surface area contributed by atoms with Crippen molar-refractivity contribution in [3.8, 4) is 11.8 Å². The summed E-state index contributed by atoms with van der Waals surface area (Å²) in [5, 5.41) is 11.1. The van der Waals surface area contributed by atoms with Gasteiger partial charge in [0, 0.05) is 18.3 Å². The van der Waals surface area contributed by atoms with Crippen LogP contribution in [0.1, 0.15) is 16.9 Å². The summed E-state index contributed by atoms with van der Waals surface area (Å²) >= 11 is 1.36. The van der Waals surface area contributed by atoms with Crippen LogP contribution < -0.4 is 11.1 Å². The fraction of sp³-hybridized carbons (Fsp3) is 0.222. The lowest BCUT2D eigenvalue weighted by molar-refractivity contribution is 0.105. The second kappa shape index (κ2) is 5.78. The Hall–Kier alpha value is -1.87. The van der Waals surface area contributed by atoms with Crippen LogP contribution in [-0.2, 0) is 0 Å². The molecule has 78 valence electrons. The van der Waals surface area contributed by atoms with Crippen LogP contribution in [0.4, 0.5) is 0 Å². The van der Waals surface area contributed by atoms with Crippen LogP contribution in [0.25, 0.3) is 0 Å². The third kappa shape index (κ3) is 4.24. The molecule has 0 unspecified atom stereocenters. The highest BCUT2D eigenvalue weighted by molar-refractivity contribution is 7.07. The monoisotopic (exact) mass is 222 g/mol. The molecule has 1 aromatic rings. The first-order valence-electron chi connectivity index (χ1n) is 4.19. The molecule has 0 fully saturated rings. The molecular formula is C9H10N4OS. The molecule has 15 heavy (non-hydrogen) atoms. The molecule has 0 saturated heterocycles. The van der Waals surface area contributed by atoms with Gasteiger partial charge < -0.3 is 11.1 Å². The van der Waals surface area contributed by atoms with Crippen LogP contribution >= 0.6 is 11.3 Å². The summed E-state index contributed by atoms with van der Waals surface area (Å²) in [5.74, 6) is 4.77. The molecule has 0 atom stereocenters. The van der Waals surface area contributed by atoms with Crippen LogP contribution in [0.3, 0.4) is 0 Å². The van der Waals surface area contributed by atoms with Crippen molar-refractivity contribution in [3.05, 3.63) is 16.6 Å². The molecule has 1 heterocycles. The highest BCUT2D eigenvalue weighted by Gasteiger charge is 2.02. The largest absolute Gasteiger partial charge is 0.370 e. The Morgan fingerprint density at radius 2 is 2.53 bits per heavy atom. The standard InChI is InChI=1S/C9H10N4OS/c10-9(11)12-4-2-1-3-8(14)7-5-15-6-13-7/h5-6H,2,4H2,(H4,10,11,12). The summed E-state index contributed by atoms with van der Waals surface area (Å²) in [6, 6.07) is 0. The number of nitrogens with one attached hydrogen (secondary N) is 2. The van der Waals surface area contributed by atoms with Crippen LogP contribution in [0, 0.1) is 17.3 Å². The Labute approximate surface area is 91.2 Å². The number of ketones is 1. The molecule has 0 amide bonds. The van der Waals surface area contributed by atoms with Gasteiger partial charge >= 0.3 is 0 Å². The number of Topliss-reactive ketones (excluding diaryl/α,β-unsaturated/α-hetero) is 1. The minimum atomic E-state index is -0.279. The normalized spacial score (nSPS) is 8.80. The number of hydrogen-bond acceptors (Lipinski definition) is 4. The van der Waals surface area contributed by atoms with E-state index in [9.17, 15) is 4.79 Å². The van der Waals surface area contributed by atoms with Crippen molar-refractivity contribution in [2.24, 2.45) is 5.73 Å². The van der Waals surface area contributed by atoms with Crippen LogP contribution in [0.2, 0.25) is 0 Å². The molecule has 1 aromatic heterocycles. The van der Waals surface area contributed by atoms with Gasteiger partial charge in [0.15, 0.2) is 5.96 Å². The van der Waals surface area contributed by atoms with E-state index in [2.05, 4.69) is 22.1 Å². The summed E-state index contributed by atoms with van der Waals surface area (Å²) in [6.07, 6.45) is 0.468. The lowest BCUT2D eigenvalue weighted by Crippen LogP contribution is -2.30. The molecule has 5 nitrogen and oxygen atoms in total. The summed E-state index contributed by atoms with van der Waals surface area (Å²) in [4.78, 5) is 15.1. The molecule has 0 radical (unpaired) electrons. The first-order valence-corrected chi connectivity index (χ1v) is 5.13. The van der Waals surface area contributed by atoms with Gasteiger partial charge in [0.2, 0.25) is 0 Å². The Bertz CT molecular complexity index is 401. The SMILES string of the molecule is N=C(N)NCCC#CC(=O)c1cscn1. The third-order valence-corrected chi connectivity index (χ3v) is 2.02. The Morgan fingerprint density at radius 1 is 1.73 bits per heavy atom. The van der Waals surface area contributed by atoms with Crippen molar-refractivity contribution >= 4 is 23.1 Å². The van der Waals surface area contributed by atoms with Crippen molar-refractivity contribution < 1.29 is 4.79 Å². The minimum Gasteiger partial charge on any atom is -0.370 e. The molecule has 1 rings (SSSR count). The quantitative estimate of drug-likeness (QED) is 0.170. The highest BCUT2D eigenvalue weighted by atomic mass is 32.1. The second-order valence-electron chi connectivity index (χ2n) is 2.60. The maximum absolute atomic E-state index is 11.3. The maximum atomic E-state index is 11.3.